The van der Waals surface area contributed by atoms with Gasteiger partial charge >= 0.3 is 0 Å². The van der Waals surface area contributed by atoms with Gasteiger partial charge in [0, 0.05) is 19.3 Å². The zero-order valence-electron chi connectivity index (χ0n) is 12.1. The molecule has 110 valence electrons. The molecule has 6 heteroatoms. The minimum Gasteiger partial charge on any atom is -0.393 e. The number of likely N-dealkylation sites (tertiary alicyclic amines) is 1. The molecule has 2 N–H and O–H groups in total. The number of amides is 1. The Kier molecular flexibility index (Phi) is 3.94. The maximum atomic E-state index is 12.5. The molecule has 2 rings (SSSR count). The zero-order valence-corrected chi connectivity index (χ0v) is 12.1. The van der Waals surface area contributed by atoms with Gasteiger partial charge in [-0.1, -0.05) is 13.8 Å². The predicted molar refractivity (Wildman–Crippen MR) is 74.5 cm³/mol. The van der Waals surface area contributed by atoms with Crippen molar-refractivity contribution in [2.24, 2.45) is 5.41 Å². The number of H-pyrrole nitrogens is 1. The standard InChI is InChI=1S/C14H21N3O3/c1-9-15-7-11(12(19)16-9)13(20)17-5-4-10(18)6-14(2,3)8-17/h7,10,18H,4-6,8H2,1-3H3,(H,15,16,19)/t10-/m0/s1. The Hall–Kier alpha value is -1.69. The molecule has 0 unspecified atom stereocenters. The van der Waals surface area contributed by atoms with E-state index in [0.717, 1.165) is 0 Å². The lowest BCUT2D eigenvalue weighted by Gasteiger charge is -2.29. The average Bonchev–Trinajstić information content (AvgIpc) is 2.46. The SMILES string of the molecule is Cc1ncc(C(=O)N2CC[C@H](O)CC(C)(C)C2)c(=O)[nH]1. The molecule has 1 aromatic heterocycles. The van der Waals surface area contributed by atoms with Crippen LogP contribution in [0.4, 0.5) is 0 Å². The van der Waals surface area contributed by atoms with Crippen LogP contribution in [0.3, 0.4) is 0 Å². The fourth-order valence-corrected chi connectivity index (χ4v) is 2.69. The maximum Gasteiger partial charge on any atom is 0.263 e. The highest BCUT2D eigenvalue weighted by Crippen LogP contribution is 2.28. The second-order valence-corrected chi connectivity index (χ2v) is 6.25. The molecule has 0 saturated carbocycles. The highest BCUT2D eigenvalue weighted by Gasteiger charge is 2.32. The number of carbonyl (C=O) groups excluding carboxylic acids is 1. The summed E-state index contributed by atoms with van der Waals surface area (Å²) in [7, 11) is 0. The molecular formula is C14H21N3O3. The van der Waals surface area contributed by atoms with E-state index in [1.807, 2.05) is 13.8 Å². The van der Waals surface area contributed by atoms with Gasteiger partial charge in [0.15, 0.2) is 0 Å². The van der Waals surface area contributed by atoms with E-state index in [1.54, 1.807) is 11.8 Å². The van der Waals surface area contributed by atoms with Crippen molar-refractivity contribution in [3.05, 3.63) is 27.9 Å². The third-order valence-electron chi connectivity index (χ3n) is 3.58. The van der Waals surface area contributed by atoms with E-state index in [9.17, 15) is 14.7 Å². The van der Waals surface area contributed by atoms with Crippen molar-refractivity contribution in [2.45, 2.75) is 39.7 Å². The fraction of sp³-hybridized carbons (Fsp3) is 0.643. The zero-order chi connectivity index (χ0) is 14.9. The molecule has 0 aliphatic carbocycles. The molecule has 1 aromatic rings. The third-order valence-corrected chi connectivity index (χ3v) is 3.58. The summed E-state index contributed by atoms with van der Waals surface area (Å²) < 4.78 is 0. The van der Waals surface area contributed by atoms with Crippen LogP contribution in [0.2, 0.25) is 0 Å². The van der Waals surface area contributed by atoms with E-state index < -0.39 is 11.7 Å². The normalized spacial score (nSPS) is 22.4. The smallest absolute Gasteiger partial charge is 0.263 e. The molecule has 0 bridgehead atoms. The van der Waals surface area contributed by atoms with Crippen molar-refractivity contribution in [3.63, 3.8) is 0 Å². The predicted octanol–water partition coefficient (Wildman–Crippen LogP) is 0.701. The topological polar surface area (TPSA) is 86.3 Å². The summed E-state index contributed by atoms with van der Waals surface area (Å²) in [5.41, 5.74) is -0.524. The monoisotopic (exact) mass is 279 g/mol. The number of aromatic nitrogens is 2. The van der Waals surface area contributed by atoms with Gasteiger partial charge in [-0.25, -0.2) is 4.98 Å². The van der Waals surface area contributed by atoms with Gasteiger partial charge < -0.3 is 15.0 Å². The average molecular weight is 279 g/mol. The summed E-state index contributed by atoms with van der Waals surface area (Å²) in [4.78, 5) is 32.5. The summed E-state index contributed by atoms with van der Waals surface area (Å²) in [6.45, 7) is 6.67. The van der Waals surface area contributed by atoms with Gasteiger partial charge in [0.1, 0.15) is 11.4 Å². The molecule has 6 nitrogen and oxygen atoms in total. The summed E-state index contributed by atoms with van der Waals surface area (Å²) >= 11 is 0. The molecule has 1 aliphatic rings. The van der Waals surface area contributed by atoms with Gasteiger partial charge in [-0.3, -0.25) is 9.59 Å². The first-order chi connectivity index (χ1) is 9.28. The van der Waals surface area contributed by atoms with Crippen LogP contribution in [0.1, 0.15) is 42.9 Å². The van der Waals surface area contributed by atoms with Gasteiger partial charge in [-0.05, 0) is 25.2 Å². The minimum absolute atomic E-state index is 0.0581. The number of carbonyl (C=O) groups is 1. The van der Waals surface area contributed by atoms with Crippen molar-refractivity contribution in [3.8, 4) is 0 Å². The first-order valence-corrected chi connectivity index (χ1v) is 6.82. The van der Waals surface area contributed by atoms with Gasteiger partial charge in [0.2, 0.25) is 0 Å². The molecular weight excluding hydrogens is 258 g/mol. The number of aryl methyl sites for hydroxylation is 1. The second-order valence-electron chi connectivity index (χ2n) is 6.25. The Bertz CT molecular complexity index is 565. The lowest BCUT2D eigenvalue weighted by Crippen LogP contribution is -2.40. The van der Waals surface area contributed by atoms with Crippen molar-refractivity contribution in [1.82, 2.24) is 14.9 Å². The Balaban J connectivity index is 2.26. The lowest BCUT2D eigenvalue weighted by molar-refractivity contribution is 0.0702. The number of aliphatic hydroxyl groups excluding tert-OH is 1. The number of hydrogen-bond acceptors (Lipinski definition) is 4. The number of aliphatic hydroxyl groups is 1. The first kappa shape index (κ1) is 14.7. The molecule has 1 saturated heterocycles. The first-order valence-electron chi connectivity index (χ1n) is 6.82. The number of aromatic amines is 1. The molecule has 1 aliphatic heterocycles. The van der Waals surface area contributed by atoms with Crippen LogP contribution in [0, 0.1) is 12.3 Å². The molecule has 0 radical (unpaired) electrons. The minimum atomic E-state index is -0.412. The van der Waals surface area contributed by atoms with E-state index in [4.69, 9.17) is 0 Å². The van der Waals surface area contributed by atoms with Crippen LogP contribution in [0.5, 0.6) is 0 Å². The Morgan fingerprint density at radius 1 is 1.55 bits per heavy atom. The number of nitrogens with zero attached hydrogens (tertiary/aromatic N) is 2. The van der Waals surface area contributed by atoms with Gasteiger partial charge in [-0.15, -0.1) is 0 Å². The van der Waals surface area contributed by atoms with Crippen LogP contribution in [-0.4, -0.2) is 45.1 Å². The summed E-state index contributed by atoms with van der Waals surface area (Å²) in [5, 5.41) is 9.87. The fourth-order valence-electron chi connectivity index (χ4n) is 2.69. The quantitative estimate of drug-likeness (QED) is 0.792. The van der Waals surface area contributed by atoms with E-state index in [2.05, 4.69) is 9.97 Å². The Morgan fingerprint density at radius 2 is 2.25 bits per heavy atom. The van der Waals surface area contributed by atoms with Crippen LogP contribution in [0.25, 0.3) is 0 Å². The highest BCUT2D eigenvalue weighted by atomic mass is 16.3. The number of nitrogens with one attached hydrogen (secondary N) is 1. The van der Waals surface area contributed by atoms with Gasteiger partial charge in [0.25, 0.3) is 11.5 Å². The molecule has 0 aromatic carbocycles. The molecule has 1 fully saturated rings. The van der Waals surface area contributed by atoms with Crippen LogP contribution >= 0.6 is 0 Å². The highest BCUT2D eigenvalue weighted by molar-refractivity contribution is 5.93. The van der Waals surface area contributed by atoms with Crippen molar-refractivity contribution in [2.75, 3.05) is 13.1 Å². The van der Waals surface area contributed by atoms with E-state index in [-0.39, 0.29) is 16.9 Å². The Morgan fingerprint density at radius 3 is 2.90 bits per heavy atom. The molecule has 20 heavy (non-hydrogen) atoms. The van der Waals surface area contributed by atoms with Gasteiger partial charge in [0.05, 0.1) is 6.10 Å². The second kappa shape index (κ2) is 5.36. The molecule has 2 heterocycles. The largest absolute Gasteiger partial charge is 0.393 e. The summed E-state index contributed by atoms with van der Waals surface area (Å²) in [5.74, 6) is 0.166. The Labute approximate surface area is 117 Å². The maximum absolute atomic E-state index is 12.5. The summed E-state index contributed by atoms with van der Waals surface area (Å²) in [6, 6.07) is 0. The van der Waals surface area contributed by atoms with Crippen molar-refractivity contribution < 1.29 is 9.90 Å². The van der Waals surface area contributed by atoms with Crippen LogP contribution < -0.4 is 5.56 Å². The third kappa shape index (κ3) is 3.25. The number of rotatable bonds is 1. The van der Waals surface area contributed by atoms with Crippen molar-refractivity contribution >= 4 is 5.91 Å². The van der Waals surface area contributed by atoms with Gasteiger partial charge in [-0.2, -0.15) is 0 Å². The summed E-state index contributed by atoms with van der Waals surface area (Å²) in [6.07, 6.45) is 2.11. The van der Waals surface area contributed by atoms with E-state index in [0.29, 0.717) is 31.8 Å². The number of hydrogen-bond donors (Lipinski definition) is 2. The van der Waals surface area contributed by atoms with Crippen LogP contribution in [0.15, 0.2) is 11.0 Å². The lowest BCUT2D eigenvalue weighted by atomic mass is 9.87. The van der Waals surface area contributed by atoms with Crippen LogP contribution in [-0.2, 0) is 0 Å². The molecule has 0 spiro atoms. The van der Waals surface area contributed by atoms with Crippen molar-refractivity contribution in [1.29, 1.82) is 0 Å². The molecule has 1 atom stereocenters. The molecule has 1 amide bonds. The van der Waals surface area contributed by atoms with E-state index >= 15 is 0 Å². The van der Waals surface area contributed by atoms with E-state index in [1.165, 1.54) is 6.20 Å².